The van der Waals surface area contributed by atoms with Gasteiger partial charge in [-0.25, -0.2) is 4.98 Å². The molecule has 2 aromatic heterocycles. The van der Waals surface area contributed by atoms with Gasteiger partial charge in [0.2, 0.25) is 5.89 Å². The third kappa shape index (κ3) is 4.38. The normalized spacial score (nSPS) is 11.8. The number of aryl methyl sites for hydroxylation is 1. The van der Waals surface area contributed by atoms with E-state index in [1.54, 1.807) is 29.9 Å². The monoisotopic (exact) mass is 470 g/mol. The minimum absolute atomic E-state index is 0.209. The van der Waals surface area contributed by atoms with Gasteiger partial charge >= 0.3 is 0 Å². The highest BCUT2D eigenvalue weighted by Gasteiger charge is 2.22. The van der Waals surface area contributed by atoms with Crippen molar-refractivity contribution in [3.05, 3.63) is 69.1 Å². The van der Waals surface area contributed by atoms with Crippen LogP contribution in [-0.2, 0) is 11.2 Å². The summed E-state index contributed by atoms with van der Waals surface area (Å²) in [6.07, 6.45) is 0. The van der Waals surface area contributed by atoms with Gasteiger partial charge in [-0.3, -0.25) is 9.36 Å². The van der Waals surface area contributed by atoms with E-state index in [4.69, 9.17) is 25.8 Å². The first-order chi connectivity index (χ1) is 15.2. The molecular formula is C23H23ClN4O3S. The molecule has 9 heteroatoms. The van der Waals surface area contributed by atoms with E-state index in [-0.39, 0.29) is 11.0 Å². The number of hydrogen-bond acceptors (Lipinski definition) is 7. The molecule has 0 N–H and O–H groups in total. The molecule has 0 aliphatic carbocycles. The van der Waals surface area contributed by atoms with Crippen molar-refractivity contribution >= 4 is 34.3 Å². The molecule has 2 aromatic carbocycles. The van der Waals surface area contributed by atoms with Gasteiger partial charge in [-0.2, -0.15) is 4.98 Å². The van der Waals surface area contributed by atoms with Gasteiger partial charge in [-0.15, -0.1) is 0 Å². The summed E-state index contributed by atoms with van der Waals surface area (Å²) in [5, 5.41) is 5.53. The fraction of sp³-hybridized carbons (Fsp3) is 0.304. The number of halogens is 1. The molecule has 0 unspecified atom stereocenters. The molecule has 32 heavy (non-hydrogen) atoms. The second-order valence-electron chi connectivity index (χ2n) is 8.42. The second-order valence-corrected chi connectivity index (χ2v) is 9.80. The van der Waals surface area contributed by atoms with Gasteiger partial charge < -0.3 is 9.26 Å². The smallest absolute Gasteiger partial charge is 0.266 e. The van der Waals surface area contributed by atoms with Gasteiger partial charge in [0.15, 0.2) is 11.0 Å². The van der Waals surface area contributed by atoms with E-state index < -0.39 is 0 Å². The average molecular weight is 471 g/mol. The van der Waals surface area contributed by atoms with E-state index in [2.05, 4.69) is 10.1 Å². The first kappa shape index (κ1) is 22.4. The quantitative estimate of drug-likeness (QED) is 0.288. The molecule has 0 radical (unpaired) electrons. The van der Waals surface area contributed by atoms with Gasteiger partial charge in [-0.1, -0.05) is 55.4 Å². The van der Waals surface area contributed by atoms with Crippen LogP contribution in [-0.4, -0.2) is 26.8 Å². The summed E-state index contributed by atoms with van der Waals surface area (Å²) < 4.78 is 12.5. The fourth-order valence-corrected chi connectivity index (χ4v) is 4.18. The molecule has 2 heterocycles. The molecule has 0 aliphatic heterocycles. The lowest BCUT2D eigenvalue weighted by atomic mass is 9.96. The van der Waals surface area contributed by atoms with Crippen molar-refractivity contribution in [1.29, 1.82) is 0 Å². The molecule has 4 rings (SSSR count). The summed E-state index contributed by atoms with van der Waals surface area (Å²) in [7, 11) is 1.58. The Morgan fingerprint density at radius 2 is 1.94 bits per heavy atom. The Hall–Kier alpha value is -2.84. The molecule has 0 fully saturated rings. The van der Waals surface area contributed by atoms with Crippen LogP contribution < -0.4 is 10.3 Å². The maximum absolute atomic E-state index is 13.5. The van der Waals surface area contributed by atoms with Crippen LogP contribution in [0.4, 0.5) is 0 Å². The van der Waals surface area contributed by atoms with Crippen molar-refractivity contribution in [1.82, 2.24) is 19.7 Å². The number of rotatable bonds is 5. The molecule has 0 saturated heterocycles. The highest BCUT2D eigenvalue weighted by atomic mass is 35.5. The molecule has 0 bridgehead atoms. The van der Waals surface area contributed by atoms with E-state index in [1.165, 1.54) is 11.8 Å². The van der Waals surface area contributed by atoms with Crippen LogP contribution in [0.2, 0.25) is 5.02 Å². The van der Waals surface area contributed by atoms with Crippen LogP contribution >= 0.6 is 23.4 Å². The van der Waals surface area contributed by atoms with Crippen molar-refractivity contribution < 1.29 is 9.26 Å². The van der Waals surface area contributed by atoms with E-state index >= 15 is 0 Å². The summed E-state index contributed by atoms with van der Waals surface area (Å²) in [5.41, 5.74) is 1.70. The Morgan fingerprint density at radius 1 is 1.16 bits per heavy atom. The standard InChI is InChI=1S/C23H23ClN4O3S/c1-13-6-9-18(30-5)17(10-13)28-20(29)15-8-7-14(24)11-16(15)25-22(28)32-12-19-26-21(27-31-19)23(2,3)4/h6-11H,12H2,1-5H3. The minimum Gasteiger partial charge on any atom is -0.495 e. The number of benzene rings is 2. The van der Waals surface area contributed by atoms with Crippen LogP contribution in [0.1, 0.15) is 38.0 Å². The minimum atomic E-state index is -0.221. The molecule has 4 aromatic rings. The zero-order chi connectivity index (χ0) is 23.0. The number of thioether (sulfide) groups is 1. The fourth-order valence-electron chi connectivity index (χ4n) is 3.17. The summed E-state index contributed by atoms with van der Waals surface area (Å²) in [6, 6.07) is 10.7. The Labute approximate surface area is 194 Å². The topological polar surface area (TPSA) is 83.0 Å². The lowest BCUT2D eigenvalue weighted by Gasteiger charge is -2.16. The Morgan fingerprint density at radius 3 is 2.62 bits per heavy atom. The predicted octanol–water partition coefficient (Wildman–Crippen LogP) is 5.33. The Balaban J connectivity index is 1.85. The maximum Gasteiger partial charge on any atom is 0.266 e. The first-order valence-corrected chi connectivity index (χ1v) is 11.4. The molecule has 0 atom stereocenters. The van der Waals surface area contributed by atoms with Crippen LogP contribution in [0.15, 0.2) is 50.9 Å². The predicted molar refractivity (Wildman–Crippen MR) is 126 cm³/mol. The summed E-state index contributed by atoms with van der Waals surface area (Å²) in [5.74, 6) is 2.02. The third-order valence-electron chi connectivity index (χ3n) is 4.84. The molecule has 0 spiro atoms. The van der Waals surface area contributed by atoms with Crippen molar-refractivity contribution in [3.63, 3.8) is 0 Å². The van der Waals surface area contributed by atoms with Gasteiger partial charge in [0.1, 0.15) is 5.75 Å². The lowest BCUT2D eigenvalue weighted by molar-refractivity contribution is 0.372. The van der Waals surface area contributed by atoms with Gasteiger partial charge in [0, 0.05) is 10.4 Å². The SMILES string of the molecule is COc1ccc(C)cc1-n1c(SCc2nc(C(C)(C)C)no2)nc2cc(Cl)ccc2c1=O. The summed E-state index contributed by atoms with van der Waals surface area (Å²) in [6.45, 7) is 8.02. The zero-order valence-electron chi connectivity index (χ0n) is 18.5. The Bertz CT molecular complexity index is 1360. The summed E-state index contributed by atoms with van der Waals surface area (Å²) >= 11 is 7.49. The van der Waals surface area contributed by atoms with E-state index in [9.17, 15) is 4.79 Å². The number of ether oxygens (including phenoxy) is 1. The van der Waals surface area contributed by atoms with Crippen molar-refractivity contribution in [2.24, 2.45) is 0 Å². The van der Waals surface area contributed by atoms with Gasteiger partial charge in [-0.05, 0) is 42.8 Å². The highest BCUT2D eigenvalue weighted by Crippen LogP contribution is 2.30. The zero-order valence-corrected chi connectivity index (χ0v) is 20.0. The van der Waals surface area contributed by atoms with Crippen LogP contribution in [0.3, 0.4) is 0 Å². The van der Waals surface area contributed by atoms with Crippen molar-refractivity contribution in [2.75, 3.05) is 7.11 Å². The third-order valence-corrected chi connectivity index (χ3v) is 6.00. The highest BCUT2D eigenvalue weighted by molar-refractivity contribution is 7.98. The number of nitrogens with zero attached hydrogens (tertiary/aromatic N) is 4. The number of fused-ring (bicyclic) bond motifs is 1. The van der Waals surface area contributed by atoms with Gasteiger partial charge in [0.05, 0.1) is 29.5 Å². The van der Waals surface area contributed by atoms with Crippen LogP contribution in [0.5, 0.6) is 5.75 Å². The van der Waals surface area contributed by atoms with Gasteiger partial charge in [0.25, 0.3) is 5.56 Å². The number of hydrogen-bond donors (Lipinski definition) is 0. The first-order valence-electron chi connectivity index (χ1n) is 10.0. The molecular weight excluding hydrogens is 448 g/mol. The number of aromatic nitrogens is 4. The largest absolute Gasteiger partial charge is 0.495 e. The van der Waals surface area contributed by atoms with Crippen molar-refractivity contribution in [3.8, 4) is 11.4 Å². The molecule has 7 nitrogen and oxygen atoms in total. The van der Waals surface area contributed by atoms with Crippen LogP contribution in [0, 0.1) is 6.92 Å². The van der Waals surface area contributed by atoms with Crippen LogP contribution in [0.25, 0.3) is 16.6 Å². The number of methoxy groups -OCH3 is 1. The van der Waals surface area contributed by atoms with E-state index in [1.807, 2.05) is 45.9 Å². The second kappa shape index (κ2) is 8.60. The summed E-state index contributed by atoms with van der Waals surface area (Å²) in [4.78, 5) is 22.8. The molecule has 166 valence electrons. The van der Waals surface area contributed by atoms with E-state index in [0.29, 0.717) is 50.0 Å². The maximum atomic E-state index is 13.5. The van der Waals surface area contributed by atoms with Crippen molar-refractivity contribution in [2.45, 2.75) is 44.0 Å². The average Bonchev–Trinajstić information content (AvgIpc) is 3.22. The molecule has 0 saturated carbocycles. The Kier molecular flexibility index (Phi) is 6.01. The lowest BCUT2D eigenvalue weighted by Crippen LogP contribution is -2.22. The van der Waals surface area contributed by atoms with E-state index in [0.717, 1.165) is 5.56 Å². The molecule has 0 amide bonds. The molecule has 0 aliphatic rings.